The van der Waals surface area contributed by atoms with E-state index in [1.165, 1.54) is 13.2 Å². The molecule has 1 saturated heterocycles. The molecular weight excluding hydrogens is 428 g/mol. The summed E-state index contributed by atoms with van der Waals surface area (Å²) in [6.45, 7) is 0.00604. The highest BCUT2D eigenvalue weighted by Gasteiger charge is 2.35. The van der Waals surface area contributed by atoms with E-state index in [0.717, 1.165) is 14.9 Å². The number of imide groups is 1. The topological polar surface area (TPSA) is 84.9 Å². The summed E-state index contributed by atoms with van der Waals surface area (Å²) in [6.07, 6.45) is 1.54. The van der Waals surface area contributed by atoms with Crippen LogP contribution in [0.3, 0.4) is 0 Å². The first-order valence-electron chi connectivity index (χ1n) is 8.35. The van der Waals surface area contributed by atoms with E-state index in [0.29, 0.717) is 17.9 Å². The summed E-state index contributed by atoms with van der Waals surface area (Å²) < 4.78 is 11.2. The largest absolute Gasteiger partial charge is 0.489 e. The summed E-state index contributed by atoms with van der Waals surface area (Å²) in [7, 11) is 1.19. The highest BCUT2D eigenvalue weighted by molar-refractivity contribution is 9.10. The van der Waals surface area contributed by atoms with Crippen molar-refractivity contribution < 1.29 is 23.9 Å². The first-order chi connectivity index (χ1) is 13.5. The van der Waals surface area contributed by atoms with Crippen LogP contribution in [0.2, 0.25) is 0 Å². The molecule has 28 heavy (non-hydrogen) atoms. The predicted molar refractivity (Wildman–Crippen MR) is 105 cm³/mol. The number of carbonyl (C=O) groups is 3. The molecule has 0 bridgehead atoms. The third-order valence-corrected chi connectivity index (χ3v) is 4.52. The first-order valence-corrected chi connectivity index (χ1v) is 9.14. The molecular formula is C20H17BrN2O5. The highest BCUT2D eigenvalue weighted by Crippen LogP contribution is 2.19. The fourth-order valence-corrected chi connectivity index (χ4v) is 2.75. The monoisotopic (exact) mass is 444 g/mol. The van der Waals surface area contributed by atoms with Crippen molar-refractivity contribution in [2.45, 2.75) is 6.61 Å². The normalized spacial score (nSPS) is 14.9. The summed E-state index contributed by atoms with van der Waals surface area (Å²) in [5.74, 6) is -0.567. The minimum absolute atomic E-state index is 0.0948. The van der Waals surface area contributed by atoms with Gasteiger partial charge in [-0.15, -0.1) is 0 Å². The van der Waals surface area contributed by atoms with Crippen LogP contribution < -0.4 is 10.1 Å². The Kier molecular flexibility index (Phi) is 6.10. The molecule has 1 fully saturated rings. The quantitative estimate of drug-likeness (QED) is 0.420. The first kappa shape index (κ1) is 19.6. The number of amides is 3. The lowest BCUT2D eigenvalue weighted by molar-refractivity contribution is -0.143. The number of benzene rings is 2. The highest BCUT2D eigenvalue weighted by atomic mass is 79.9. The van der Waals surface area contributed by atoms with Gasteiger partial charge in [-0.2, -0.15) is 0 Å². The molecule has 1 aliphatic rings. The third kappa shape index (κ3) is 4.77. The van der Waals surface area contributed by atoms with Gasteiger partial charge in [-0.05, 0) is 41.5 Å². The summed E-state index contributed by atoms with van der Waals surface area (Å²) in [6, 6.07) is 14.3. The molecule has 8 heteroatoms. The van der Waals surface area contributed by atoms with Gasteiger partial charge in [0.05, 0.1) is 7.11 Å². The molecule has 0 aliphatic carbocycles. The SMILES string of the molecule is COC(=O)CN1C(=O)N/C(=C/c2ccc(OCc3ccc(Br)cc3)cc2)C1=O. The van der Waals surface area contributed by atoms with Crippen molar-refractivity contribution >= 4 is 39.9 Å². The molecule has 2 aromatic rings. The van der Waals surface area contributed by atoms with Gasteiger partial charge in [0.25, 0.3) is 5.91 Å². The van der Waals surface area contributed by atoms with E-state index in [9.17, 15) is 14.4 Å². The van der Waals surface area contributed by atoms with Gasteiger partial charge >= 0.3 is 12.0 Å². The van der Waals surface area contributed by atoms with Gasteiger partial charge in [0.2, 0.25) is 0 Å². The van der Waals surface area contributed by atoms with Gasteiger partial charge in [0.1, 0.15) is 24.6 Å². The van der Waals surface area contributed by atoms with Crippen LogP contribution in [0.1, 0.15) is 11.1 Å². The Morgan fingerprint density at radius 1 is 1.11 bits per heavy atom. The second-order valence-corrected chi connectivity index (χ2v) is 6.86. The van der Waals surface area contributed by atoms with Crippen LogP contribution in [-0.4, -0.2) is 36.5 Å². The summed E-state index contributed by atoms with van der Waals surface area (Å²) in [4.78, 5) is 36.2. The molecule has 0 spiro atoms. The Balaban J connectivity index is 1.63. The maximum absolute atomic E-state index is 12.3. The minimum atomic E-state index is -0.669. The third-order valence-electron chi connectivity index (χ3n) is 3.99. The standard InChI is InChI=1S/C20H17BrN2O5/c1-27-18(24)11-23-19(25)17(22-20(23)26)10-13-4-8-16(9-5-13)28-12-14-2-6-15(21)7-3-14/h2-10H,11-12H2,1H3,(H,22,26)/b17-10+. The number of hydrogen-bond acceptors (Lipinski definition) is 5. The number of ether oxygens (including phenoxy) is 2. The molecule has 0 atom stereocenters. The molecule has 1 heterocycles. The average molecular weight is 445 g/mol. The molecule has 2 aromatic carbocycles. The van der Waals surface area contributed by atoms with Gasteiger partial charge in [-0.3, -0.25) is 9.59 Å². The molecule has 3 amide bonds. The lowest BCUT2D eigenvalue weighted by Gasteiger charge is -2.09. The summed E-state index contributed by atoms with van der Waals surface area (Å²) >= 11 is 3.39. The van der Waals surface area contributed by atoms with Gasteiger partial charge in [0, 0.05) is 4.47 Å². The van der Waals surface area contributed by atoms with Crippen molar-refractivity contribution in [2.75, 3.05) is 13.7 Å². The van der Waals surface area contributed by atoms with Crippen LogP contribution in [0.25, 0.3) is 6.08 Å². The van der Waals surface area contributed by atoms with Crippen LogP contribution in [0.5, 0.6) is 5.75 Å². The van der Waals surface area contributed by atoms with E-state index < -0.39 is 24.5 Å². The van der Waals surface area contributed by atoms with E-state index in [2.05, 4.69) is 26.0 Å². The lowest BCUT2D eigenvalue weighted by Crippen LogP contribution is -2.36. The average Bonchev–Trinajstić information content (AvgIpc) is 2.96. The molecule has 0 radical (unpaired) electrons. The van der Waals surface area contributed by atoms with Crippen molar-refractivity contribution in [1.82, 2.24) is 10.2 Å². The van der Waals surface area contributed by atoms with Gasteiger partial charge in [0.15, 0.2) is 0 Å². The predicted octanol–water partition coefficient (Wildman–Crippen LogP) is 3.09. The zero-order valence-corrected chi connectivity index (χ0v) is 16.6. The summed E-state index contributed by atoms with van der Waals surface area (Å²) in [5.41, 5.74) is 1.84. The van der Waals surface area contributed by atoms with Crippen molar-refractivity contribution in [3.8, 4) is 5.75 Å². The van der Waals surface area contributed by atoms with Crippen LogP contribution in [0, 0.1) is 0 Å². The number of rotatable bonds is 6. The number of urea groups is 1. The number of halogens is 1. The van der Waals surface area contributed by atoms with E-state index >= 15 is 0 Å². The maximum Gasteiger partial charge on any atom is 0.329 e. The second-order valence-electron chi connectivity index (χ2n) is 5.94. The molecule has 0 saturated carbocycles. The zero-order chi connectivity index (χ0) is 20.1. The maximum atomic E-state index is 12.3. The van der Waals surface area contributed by atoms with Crippen molar-refractivity contribution in [3.05, 3.63) is 69.8 Å². The van der Waals surface area contributed by atoms with E-state index in [-0.39, 0.29) is 5.70 Å². The number of hydrogen-bond donors (Lipinski definition) is 1. The number of nitrogens with one attached hydrogen (secondary N) is 1. The fraction of sp³-hybridized carbons (Fsp3) is 0.150. The van der Waals surface area contributed by atoms with Crippen LogP contribution >= 0.6 is 15.9 Å². The molecule has 3 rings (SSSR count). The Morgan fingerprint density at radius 2 is 1.79 bits per heavy atom. The number of nitrogens with zero attached hydrogens (tertiary/aromatic N) is 1. The molecule has 144 valence electrons. The molecule has 0 aromatic heterocycles. The summed E-state index contributed by atoms with van der Waals surface area (Å²) in [5, 5.41) is 2.45. The smallest absolute Gasteiger partial charge is 0.329 e. The van der Waals surface area contributed by atoms with E-state index in [4.69, 9.17) is 4.74 Å². The molecule has 1 aliphatic heterocycles. The Labute approximate surface area is 170 Å². The van der Waals surface area contributed by atoms with Crippen molar-refractivity contribution in [2.24, 2.45) is 0 Å². The Morgan fingerprint density at radius 3 is 2.43 bits per heavy atom. The van der Waals surface area contributed by atoms with Crippen LogP contribution in [0.15, 0.2) is 58.7 Å². The zero-order valence-electron chi connectivity index (χ0n) is 15.0. The van der Waals surface area contributed by atoms with E-state index in [1.807, 2.05) is 24.3 Å². The Hall–Kier alpha value is -3.13. The van der Waals surface area contributed by atoms with Gasteiger partial charge in [-0.25, -0.2) is 9.69 Å². The minimum Gasteiger partial charge on any atom is -0.489 e. The molecule has 7 nitrogen and oxygen atoms in total. The van der Waals surface area contributed by atoms with Crippen molar-refractivity contribution in [3.63, 3.8) is 0 Å². The van der Waals surface area contributed by atoms with E-state index in [1.54, 1.807) is 24.3 Å². The van der Waals surface area contributed by atoms with Crippen molar-refractivity contribution in [1.29, 1.82) is 0 Å². The van der Waals surface area contributed by atoms with Gasteiger partial charge in [-0.1, -0.05) is 40.2 Å². The number of esters is 1. The molecule has 1 N–H and O–H groups in total. The van der Waals surface area contributed by atoms with Crippen LogP contribution in [-0.2, 0) is 20.9 Å². The fourth-order valence-electron chi connectivity index (χ4n) is 2.48. The Bertz CT molecular complexity index is 923. The number of carbonyl (C=O) groups excluding carboxylic acids is 3. The second kappa shape index (κ2) is 8.71. The molecule has 0 unspecified atom stereocenters. The number of methoxy groups -OCH3 is 1. The van der Waals surface area contributed by atoms with Gasteiger partial charge < -0.3 is 14.8 Å². The lowest BCUT2D eigenvalue weighted by atomic mass is 10.2. The van der Waals surface area contributed by atoms with Crippen LogP contribution in [0.4, 0.5) is 4.79 Å².